The van der Waals surface area contributed by atoms with Crippen LogP contribution >= 0.6 is 0 Å². The zero-order valence-corrected chi connectivity index (χ0v) is 23.5. The van der Waals surface area contributed by atoms with E-state index in [1.807, 2.05) is 16.7 Å². The van der Waals surface area contributed by atoms with E-state index in [1.54, 1.807) is 6.92 Å². The van der Waals surface area contributed by atoms with Crippen molar-refractivity contribution in [3.05, 3.63) is 0 Å². The van der Waals surface area contributed by atoms with Gasteiger partial charge in [-0.15, -0.1) is 4.41 Å². The number of nitrogens with one attached hydrogen (secondary N) is 1. The fraction of sp³-hybridized carbons (Fsp3) is 0.926. The van der Waals surface area contributed by atoms with E-state index in [-0.39, 0.29) is 41.5 Å². The van der Waals surface area contributed by atoms with Crippen molar-refractivity contribution in [2.24, 2.45) is 11.8 Å². The molecule has 10 heteroatoms. The lowest BCUT2D eigenvalue weighted by atomic mass is 9.69. The summed E-state index contributed by atoms with van der Waals surface area (Å²) in [6.45, 7) is 5.52. The molecule has 2 amide bonds. The Labute approximate surface area is 222 Å². The Balaban J connectivity index is 1.25. The first-order valence-electron chi connectivity index (χ1n) is 14.8. The number of rotatable bonds is 4. The number of carbonyl (C=O) groups excluding carboxylic acids is 2. The zero-order valence-electron chi connectivity index (χ0n) is 22.6. The predicted octanol–water partition coefficient (Wildman–Crippen LogP) is 3.64. The van der Waals surface area contributed by atoms with Crippen molar-refractivity contribution in [3.8, 4) is 0 Å². The van der Waals surface area contributed by atoms with Crippen LogP contribution in [-0.4, -0.2) is 83.7 Å². The van der Waals surface area contributed by atoms with Crippen LogP contribution in [0.15, 0.2) is 0 Å². The number of ether oxygens (including phenoxy) is 1. The van der Waals surface area contributed by atoms with Gasteiger partial charge in [-0.3, -0.25) is 4.79 Å². The first kappa shape index (κ1) is 27.2. The Morgan fingerprint density at radius 3 is 2.22 bits per heavy atom. The summed E-state index contributed by atoms with van der Waals surface area (Å²) in [6, 6.07) is -0.00592. The largest absolute Gasteiger partial charge is 0.446 e. The fourth-order valence-corrected chi connectivity index (χ4v) is 9.87. The van der Waals surface area contributed by atoms with Gasteiger partial charge in [-0.05, 0) is 95.8 Å². The second kappa shape index (κ2) is 11.4. The molecular formula is C27H46N4O5S. The van der Waals surface area contributed by atoms with Crippen LogP contribution < -0.4 is 5.43 Å². The third-order valence-electron chi connectivity index (χ3n) is 9.87. The number of hydrogen-bond acceptors (Lipinski definition) is 6. The van der Waals surface area contributed by atoms with Gasteiger partial charge >= 0.3 is 6.09 Å². The highest BCUT2D eigenvalue weighted by Crippen LogP contribution is 2.44. The number of hydrazine groups is 1. The summed E-state index contributed by atoms with van der Waals surface area (Å²) in [4.78, 5) is 30.0. The Hall–Kier alpha value is -1.39. The maximum atomic E-state index is 13.4. The van der Waals surface area contributed by atoms with E-state index >= 15 is 0 Å². The first-order valence-corrected chi connectivity index (χ1v) is 16.3. The van der Waals surface area contributed by atoms with Crippen molar-refractivity contribution < 1.29 is 22.7 Å². The van der Waals surface area contributed by atoms with Crippen LogP contribution in [0.2, 0.25) is 0 Å². The molecule has 5 fully saturated rings. The molecule has 2 heterocycles. The molecule has 5 rings (SSSR count). The van der Waals surface area contributed by atoms with Crippen molar-refractivity contribution in [3.63, 3.8) is 0 Å². The number of hydrogen-bond donors (Lipinski definition) is 1. The lowest BCUT2D eigenvalue weighted by molar-refractivity contribution is -0.143. The fourth-order valence-electron chi connectivity index (χ4n) is 7.99. The number of amides is 2. The molecule has 3 saturated carbocycles. The first-order chi connectivity index (χ1) is 17.8. The molecule has 37 heavy (non-hydrogen) atoms. The van der Waals surface area contributed by atoms with E-state index in [2.05, 4.69) is 5.43 Å². The molecule has 0 aromatic rings. The SMILES string of the molecule is CC(=O)N1C2CCC(C3CCC(S(=O)(=O)N4CCCN4)CC3)CC2N(C(=O)OC2CCCCC2)C[C@@H]1C. The summed E-state index contributed by atoms with van der Waals surface area (Å²) in [5, 5.41) is -0.295. The summed E-state index contributed by atoms with van der Waals surface area (Å²) in [5.74, 6) is 1.00. The molecular weight excluding hydrogens is 492 g/mol. The lowest BCUT2D eigenvalue weighted by Gasteiger charge is -2.54. The van der Waals surface area contributed by atoms with Gasteiger partial charge in [0.05, 0.1) is 17.3 Å². The maximum Gasteiger partial charge on any atom is 0.410 e. The molecule has 2 saturated heterocycles. The van der Waals surface area contributed by atoms with Crippen LogP contribution in [0.1, 0.15) is 97.3 Å². The summed E-state index contributed by atoms with van der Waals surface area (Å²) >= 11 is 0. The van der Waals surface area contributed by atoms with Crippen LogP contribution in [0.5, 0.6) is 0 Å². The number of fused-ring (bicyclic) bond motifs is 1. The molecule has 1 N–H and O–H groups in total. The van der Waals surface area contributed by atoms with E-state index < -0.39 is 10.0 Å². The van der Waals surface area contributed by atoms with Gasteiger partial charge in [-0.1, -0.05) is 6.42 Å². The number of carbonyl (C=O) groups is 2. The van der Waals surface area contributed by atoms with Gasteiger partial charge in [0.1, 0.15) is 6.10 Å². The minimum Gasteiger partial charge on any atom is -0.446 e. The van der Waals surface area contributed by atoms with E-state index in [4.69, 9.17) is 4.74 Å². The van der Waals surface area contributed by atoms with Crippen LogP contribution in [0.3, 0.4) is 0 Å². The van der Waals surface area contributed by atoms with Gasteiger partial charge in [-0.2, -0.15) is 0 Å². The maximum absolute atomic E-state index is 13.4. The summed E-state index contributed by atoms with van der Waals surface area (Å²) in [5.41, 5.74) is 3.03. The van der Waals surface area contributed by atoms with Gasteiger partial charge in [0.25, 0.3) is 0 Å². The van der Waals surface area contributed by atoms with Gasteiger partial charge in [0.2, 0.25) is 15.9 Å². The zero-order chi connectivity index (χ0) is 26.2. The van der Waals surface area contributed by atoms with Gasteiger partial charge in [0.15, 0.2) is 0 Å². The molecule has 210 valence electrons. The van der Waals surface area contributed by atoms with E-state index in [1.165, 1.54) is 10.8 Å². The molecule has 2 aliphatic heterocycles. The van der Waals surface area contributed by atoms with Crippen LogP contribution in [0, 0.1) is 11.8 Å². The van der Waals surface area contributed by atoms with Crippen LogP contribution in [-0.2, 0) is 19.6 Å². The highest BCUT2D eigenvalue weighted by atomic mass is 32.2. The molecule has 0 radical (unpaired) electrons. The number of sulfonamides is 1. The quantitative estimate of drug-likeness (QED) is 0.587. The molecule has 5 aliphatic rings. The minimum atomic E-state index is -3.28. The predicted molar refractivity (Wildman–Crippen MR) is 141 cm³/mol. The summed E-state index contributed by atoms with van der Waals surface area (Å²) in [6.07, 6.45) is 12.1. The van der Waals surface area contributed by atoms with Gasteiger partial charge in [-0.25, -0.2) is 18.6 Å². The van der Waals surface area contributed by atoms with Crippen molar-refractivity contribution in [1.82, 2.24) is 19.6 Å². The van der Waals surface area contributed by atoms with Crippen molar-refractivity contribution >= 4 is 22.0 Å². The Morgan fingerprint density at radius 1 is 0.865 bits per heavy atom. The Kier molecular flexibility index (Phi) is 8.36. The second-order valence-electron chi connectivity index (χ2n) is 12.2. The second-order valence-corrected chi connectivity index (χ2v) is 14.3. The summed E-state index contributed by atoms with van der Waals surface area (Å²) < 4.78 is 33.6. The third-order valence-corrected chi connectivity index (χ3v) is 12.1. The average Bonchev–Trinajstić information content (AvgIpc) is 3.44. The molecule has 0 bridgehead atoms. The van der Waals surface area contributed by atoms with E-state index in [9.17, 15) is 18.0 Å². The normalized spacial score (nSPS) is 36.3. The van der Waals surface area contributed by atoms with Crippen molar-refractivity contribution in [2.75, 3.05) is 19.6 Å². The van der Waals surface area contributed by atoms with Crippen LogP contribution in [0.4, 0.5) is 4.79 Å². The highest BCUT2D eigenvalue weighted by molar-refractivity contribution is 7.89. The Morgan fingerprint density at radius 2 is 1.57 bits per heavy atom. The molecule has 0 aromatic carbocycles. The molecule has 3 unspecified atom stereocenters. The average molecular weight is 539 g/mol. The standard InChI is InChI=1S/C27H46N4O5S/c1-19-18-29(27(33)36-23-7-4-3-5-8-23)26-17-22(11-14-25(26)31(19)20(2)32)21-9-12-24(13-10-21)37(34,35)30-16-6-15-28-30/h19,21-26,28H,3-18H2,1-2H3/t19-,21?,22?,24?,25?,26?/m0/s1. The number of piperazine rings is 1. The van der Waals surface area contributed by atoms with Crippen LogP contribution in [0.25, 0.3) is 0 Å². The topological polar surface area (TPSA) is 99.3 Å². The van der Waals surface area contributed by atoms with Gasteiger partial charge in [0, 0.05) is 32.6 Å². The van der Waals surface area contributed by atoms with Crippen molar-refractivity contribution in [1.29, 1.82) is 0 Å². The summed E-state index contributed by atoms with van der Waals surface area (Å²) in [7, 11) is -3.28. The van der Waals surface area contributed by atoms with Gasteiger partial charge < -0.3 is 14.5 Å². The van der Waals surface area contributed by atoms with Crippen molar-refractivity contribution in [2.45, 2.75) is 127 Å². The number of nitrogens with zero attached hydrogens (tertiary/aromatic N) is 3. The Bertz CT molecular complexity index is 925. The molecule has 9 nitrogen and oxygen atoms in total. The molecule has 4 atom stereocenters. The minimum absolute atomic E-state index is 0.0163. The van der Waals surface area contributed by atoms with E-state index in [0.717, 1.165) is 70.8 Å². The monoisotopic (exact) mass is 538 g/mol. The molecule has 3 aliphatic carbocycles. The highest BCUT2D eigenvalue weighted by Gasteiger charge is 2.49. The molecule has 0 spiro atoms. The lowest BCUT2D eigenvalue weighted by Crippen LogP contribution is -2.67. The third kappa shape index (κ3) is 5.66. The van der Waals surface area contributed by atoms with E-state index in [0.29, 0.717) is 37.8 Å². The molecule has 0 aromatic heterocycles. The smallest absolute Gasteiger partial charge is 0.410 e.